The molecule has 1 aromatic carbocycles. The Labute approximate surface area is 136 Å². The SMILES string of the molecule is CCCC(C)(O)CNC(=O)COc1ccc(Br)cc1Br. The molecule has 0 saturated heterocycles. The van der Waals surface area contributed by atoms with Gasteiger partial charge in [0.25, 0.3) is 5.91 Å². The Hall–Kier alpha value is -0.590. The number of rotatable bonds is 7. The highest BCUT2D eigenvalue weighted by Gasteiger charge is 2.19. The van der Waals surface area contributed by atoms with Crippen molar-refractivity contribution in [1.82, 2.24) is 5.32 Å². The van der Waals surface area contributed by atoms with Crippen molar-refractivity contribution in [1.29, 1.82) is 0 Å². The maximum Gasteiger partial charge on any atom is 0.258 e. The van der Waals surface area contributed by atoms with E-state index < -0.39 is 5.60 Å². The van der Waals surface area contributed by atoms with E-state index in [1.54, 1.807) is 13.0 Å². The van der Waals surface area contributed by atoms with Gasteiger partial charge in [-0.05, 0) is 47.5 Å². The summed E-state index contributed by atoms with van der Waals surface area (Å²) in [6.45, 7) is 3.85. The largest absolute Gasteiger partial charge is 0.483 e. The molecule has 0 aliphatic heterocycles. The number of nitrogens with one attached hydrogen (secondary N) is 1. The van der Waals surface area contributed by atoms with E-state index in [1.165, 1.54) is 0 Å². The standard InChI is InChI=1S/C14H19Br2NO3/c1-3-6-14(2,19)9-17-13(18)8-20-12-5-4-10(15)7-11(12)16/h4-5,7,19H,3,6,8-9H2,1-2H3,(H,17,18). The molecule has 4 nitrogen and oxygen atoms in total. The molecule has 6 heteroatoms. The van der Waals surface area contributed by atoms with E-state index in [2.05, 4.69) is 37.2 Å². The topological polar surface area (TPSA) is 58.6 Å². The lowest BCUT2D eigenvalue weighted by atomic mass is 10.0. The Morgan fingerprint density at radius 1 is 1.45 bits per heavy atom. The molecule has 1 amide bonds. The Morgan fingerprint density at radius 2 is 2.15 bits per heavy atom. The van der Waals surface area contributed by atoms with Crippen molar-refractivity contribution in [3.8, 4) is 5.75 Å². The second-order valence-corrected chi connectivity index (χ2v) is 6.66. The molecule has 0 radical (unpaired) electrons. The molecule has 0 saturated carbocycles. The molecule has 0 aliphatic carbocycles. The number of amides is 1. The van der Waals surface area contributed by atoms with Gasteiger partial charge in [0.05, 0.1) is 10.1 Å². The first-order valence-corrected chi connectivity index (χ1v) is 7.99. The third-order valence-corrected chi connectivity index (χ3v) is 3.82. The second kappa shape index (κ2) is 8.00. The molecule has 1 rings (SSSR count). The van der Waals surface area contributed by atoms with Gasteiger partial charge >= 0.3 is 0 Å². The van der Waals surface area contributed by atoms with Crippen LogP contribution in [0.1, 0.15) is 26.7 Å². The average molecular weight is 409 g/mol. The Balaban J connectivity index is 2.40. The van der Waals surface area contributed by atoms with E-state index >= 15 is 0 Å². The maximum absolute atomic E-state index is 11.7. The van der Waals surface area contributed by atoms with Crippen molar-refractivity contribution in [2.24, 2.45) is 0 Å². The summed E-state index contributed by atoms with van der Waals surface area (Å²) in [5.41, 5.74) is -0.872. The van der Waals surface area contributed by atoms with Gasteiger partial charge in [-0.15, -0.1) is 0 Å². The number of benzene rings is 1. The van der Waals surface area contributed by atoms with Crippen LogP contribution < -0.4 is 10.1 Å². The van der Waals surface area contributed by atoms with Crippen molar-refractivity contribution in [3.63, 3.8) is 0 Å². The van der Waals surface area contributed by atoms with E-state index in [0.29, 0.717) is 12.2 Å². The Bertz CT molecular complexity index is 464. The lowest BCUT2D eigenvalue weighted by molar-refractivity contribution is -0.124. The molecule has 0 spiro atoms. The van der Waals surface area contributed by atoms with Gasteiger partial charge in [0.2, 0.25) is 0 Å². The van der Waals surface area contributed by atoms with Crippen molar-refractivity contribution in [3.05, 3.63) is 27.1 Å². The molecule has 1 atom stereocenters. The fraction of sp³-hybridized carbons (Fsp3) is 0.500. The third-order valence-electron chi connectivity index (χ3n) is 2.71. The summed E-state index contributed by atoms with van der Waals surface area (Å²) in [5.74, 6) is 0.347. The van der Waals surface area contributed by atoms with E-state index in [9.17, 15) is 9.90 Å². The summed E-state index contributed by atoms with van der Waals surface area (Å²) in [6.07, 6.45) is 1.51. The van der Waals surface area contributed by atoms with Crippen LogP contribution in [0.3, 0.4) is 0 Å². The van der Waals surface area contributed by atoms with Crippen LogP contribution >= 0.6 is 31.9 Å². The number of aliphatic hydroxyl groups is 1. The highest BCUT2D eigenvalue weighted by atomic mass is 79.9. The van der Waals surface area contributed by atoms with Crippen LogP contribution in [0, 0.1) is 0 Å². The van der Waals surface area contributed by atoms with Crippen molar-refractivity contribution in [2.45, 2.75) is 32.3 Å². The fourth-order valence-electron chi connectivity index (χ4n) is 1.70. The summed E-state index contributed by atoms with van der Waals surface area (Å²) in [4.78, 5) is 11.7. The Kier molecular flexibility index (Phi) is 6.99. The van der Waals surface area contributed by atoms with Gasteiger partial charge in [-0.25, -0.2) is 0 Å². The van der Waals surface area contributed by atoms with Crippen LogP contribution in [-0.4, -0.2) is 29.8 Å². The van der Waals surface area contributed by atoms with E-state index in [0.717, 1.165) is 15.4 Å². The van der Waals surface area contributed by atoms with Gasteiger partial charge in [-0.3, -0.25) is 4.79 Å². The van der Waals surface area contributed by atoms with Crippen LogP contribution in [0.25, 0.3) is 0 Å². The van der Waals surface area contributed by atoms with Gasteiger partial charge in [-0.1, -0.05) is 29.3 Å². The van der Waals surface area contributed by atoms with Gasteiger partial charge < -0.3 is 15.2 Å². The predicted molar refractivity (Wildman–Crippen MR) is 85.9 cm³/mol. The number of ether oxygens (including phenoxy) is 1. The summed E-state index contributed by atoms with van der Waals surface area (Å²) >= 11 is 6.71. The quantitative estimate of drug-likeness (QED) is 0.727. The highest BCUT2D eigenvalue weighted by Crippen LogP contribution is 2.28. The highest BCUT2D eigenvalue weighted by molar-refractivity contribution is 9.11. The van der Waals surface area contributed by atoms with Crippen LogP contribution in [0.5, 0.6) is 5.75 Å². The first kappa shape index (κ1) is 17.5. The number of hydrogen-bond donors (Lipinski definition) is 2. The molecule has 0 bridgehead atoms. The average Bonchev–Trinajstić information content (AvgIpc) is 2.35. The predicted octanol–water partition coefficient (Wildman–Crippen LogP) is 3.26. The van der Waals surface area contributed by atoms with Crippen molar-refractivity contribution < 1.29 is 14.6 Å². The van der Waals surface area contributed by atoms with Crippen molar-refractivity contribution >= 4 is 37.8 Å². The van der Waals surface area contributed by atoms with Crippen LogP contribution in [0.15, 0.2) is 27.1 Å². The number of carbonyl (C=O) groups excluding carboxylic acids is 1. The summed E-state index contributed by atoms with van der Waals surface area (Å²) in [7, 11) is 0. The minimum atomic E-state index is -0.872. The molecular formula is C14H19Br2NO3. The van der Waals surface area contributed by atoms with Crippen molar-refractivity contribution in [2.75, 3.05) is 13.2 Å². The van der Waals surface area contributed by atoms with Gasteiger partial charge in [0.1, 0.15) is 5.75 Å². The normalized spacial score (nSPS) is 13.7. The number of halogens is 2. The lowest BCUT2D eigenvalue weighted by Crippen LogP contribution is -2.42. The molecular weight excluding hydrogens is 390 g/mol. The molecule has 0 fully saturated rings. The third kappa shape index (κ3) is 6.24. The summed E-state index contributed by atoms with van der Waals surface area (Å²) in [6, 6.07) is 5.46. The van der Waals surface area contributed by atoms with E-state index in [4.69, 9.17) is 4.74 Å². The maximum atomic E-state index is 11.7. The lowest BCUT2D eigenvalue weighted by Gasteiger charge is -2.22. The number of carbonyl (C=O) groups is 1. The minimum absolute atomic E-state index is 0.0809. The molecule has 0 aliphatic rings. The first-order valence-electron chi connectivity index (χ1n) is 6.41. The van der Waals surface area contributed by atoms with Crippen LogP contribution in [-0.2, 0) is 4.79 Å². The van der Waals surface area contributed by atoms with Gasteiger partial charge in [0, 0.05) is 11.0 Å². The van der Waals surface area contributed by atoms with Gasteiger partial charge in [-0.2, -0.15) is 0 Å². The zero-order valence-corrected chi connectivity index (χ0v) is 14.8. The second-order valence-electron chi connectivity index (χ2n) is 4.89. The zero-order valence-electron chi connectivity index (χ0n) is 11.6. The van der Waals surface area contributed by atoms with Crippen LogP contribution in [0.2, 0.25) is 0 Å². The molecule has 112 valence electrons. The van der Waals surface area contributed by atoms with Crippen LogP contribution in [0.4, 0.5) is 0 Å². The van der Waals surface area contributed by atoms with Gasteiger partial charge in [0.15, 0.2) is 6.61 Å². The summed E-state index contributed by atoms with van der Waals surface area (Å²) < 4.78 is 7.12. The molecule has 20 heavy (non-hydrogen) atoms. The fourth-order valence-corrected chi connectivity index (χ4v) is 2.86. The van der Waals surface area contributed by atoms with E-state index in [1.807, 2.05) is 19.1 Å². The molecule has 1 unspecified atom stereocenters. The zero-order chi connectivity index (χ0) is 15.2. The molecule has 0 heterocycles. The first-order chi connectivity index (χ1) is 9.34. The molecule has 1 aromatic rings. The minimum Gasteiger partial charge on any atom is -0.483 e. The Morgan fingerprint density at radius 3 is 2.75 bits per heavy atom. The molecule has 0 aromatic heterocycles. The monoisotopic (exact) mass is 407 g/mol. The smallest absolute Gasteiger partial charge is 0.258 e. The molecule has 2 N–H and O–H groups in total. The summed E-state index contributed by atoms with van der Waals surface area (Å²) in [5, 5.41) is 12.6. The van der Waals surface area contributed by atoms with E-state index in [-0.39, 0.29) is 19.1 Å². The number of hydrogen-bond acceptors (Lipinski definition) is 3.